The van der Waals surface area contributed by atoms with Crippen molar-refractivity contribution in [1.82, 2.24) is 0 Å². The van der Waals surface area contributed by atoms with E-state index in [1.54, 1.807) is 0 Å². The molecular weight excluding hydrogens is 776 g/mol. The Labute approximate surface area is 162 Å². The molecule has 0 N–H and O–H groups in total. The number of carbonyl (C=O) groups is 3. The van der Waals surface area contributed by atoms with Crippen molar-refractivity contribution in [2.24, 2.45) is 0 Å². The van der Waals surface area contributed by atoms with Crippen molar-refractivity contribution in [2.45, 2.75) is 6.92 Å². The van der Waals surface area contributed by atoms with Crippen LogP contribution in [0.3, 0.4) is 0 Å². The van der Waals surface area contributed by atoms with Crippen LogP contribution in [0, 0.1) is 18.2 Å². The number of hydrogen-bond acceptors (Lipinski definition) is 5. The summed E-state index contributed by atoms with van der Waals surface area (Å²) < 4.78 is 8.90. The monoisotopic (exact) mass is 789 g/mol. The standard InChI is InChI=1S/C8H8O4.C4H5O.3W/c1-3-7(9)11-5-6-12-8(10)4-2;1-3-4(2)5;;;/h1-2,5-6H2;1H2,2H3;;;/q-2;-1;;;. The summed E-state index contributed by atoms with van der Waals surface area (Å²) >= 11 is 0. The van der Waals surface area contributed by atoms with Crippen molar-refractivity contribution >= 4 is 17.7 Å². The maximum atomic E-state index is 10.4. The van der Waals surface area contributed by atoms with Gasteiger partial charge in [-0.3, -0.25) is 29.3 Å². The smallest absolute Gasteiger partial charge is 0.147 e. The molecule has 112 valence electrons. The topological polar surface area (TPSA) is 69.7 Å². The Morgan fingerprint density at radius 2 is 1.05 bits per heavy atom. The molecule has 0 amide bonds. The minimum Gasteiger partial charge on any atom is -0.486 e. The summed E-state index contributed by atoms with van der Waals surface area (Å²) in [5, 5.41) is 0. The Morgan fingerprint density at radius 3 is 1.20 bits per heavy atom. The van der Waals surface area contributed by atoms with Crippen LogP contribution >= 0.6 is 0 Å². The van der Waals surface area contributed by atoms with Gasteiger partial charge in [-0.05, 0) is 12.7 Å². The fourth-order valence-electron chi connectivity index (χ4n) is 0.371. The number of allylic oxidation sites excluding steroid dienone is 1. The van der Waals surface area contributed by atoms with Gasteiger partial charge in [-0.25, -0.2) is 0 Å². The molecule has 0 aliphatic rings. The molecule has 0 unspecified atom stereocenters. The molecule has 0 spiro atoms. The molecule has 0 saturated carbocycles. The molecule has 8 heteroatoms. The SMILES string of the molecule is C=[C-]C(=O)OCCOC(=O)[C-]=C.C=[C-]C(C)=O.[W].[W].[W]. The van der Waals surface area contributed by atoms with Gasteiger partial charge in [0.1, 0.15) is 25.2 Å². The first-order valence-electron chi connectivity index (χ1n) is 4.41. The van der Waals surface area contributed by atoms with Crippen molar-refractivity contribution in [2.75, 3.05) is 13.2 Å². The predicted octanol–water partition coefficient (Wildman–Crippen LogP) is 0.608. The largest absolute Gasteiger partial charge is 0.486 e. The molecule has 0 aromatic carbocycles. The van der Waals surface area contributed by atoms with E-state index in [1.807, 2.05) is 12.2 Å². The summed E-state index contributed by atoms with van der Waals surface area (Å²) in [5.41, 5.74) is 0. The minimum atomic E-state index is -0.673. The van der Waals surface area contributed by atoms with Gasteiger partial charge in [0.25, 0.3) is 0 Å². The van der Waals surface area contributed by atoms with Gasteiger partial charge in [0.2, 0.25) is 0 Å². The van der Waals surface area contributed by atoms with Crippen LogP contribution in [-0.2, 0) is 87.1 Å². The molecule has 0 rings (SSSR count). The summed E-state index contributed by atoms with van der Waals surface area (Å²) in [6.07, 6.45) is 6.11. The van der Waals surface area contributed by atoms with Gasteiger partial charge < -0.3 is 32.5 Å². The first-order chi connectivity index (χ1) is 7.97. The van der Waals surface area contributed by atoms with E-state index in [9.17, 15) is 14.4 Å². The molecule has 0 saturated heterocycles. The van der Waals surface area contributed by atoms with Crippen molar-refractivity contribution in [3.8, 4) is 0 Å². The molecule has 0 fully saturated rings. The Balaban J connectivity index is -0.0000000821. The van der Waals surface area contributed by atoms with E-state index in [0.29, 0.717) is 0 Å². The summed E-state index contributed by atoms with van der Waals surface area (Å²) in [6, 6.07) is 0. The number of hydrogen-bond donors (Lipinski definition) is 0. The third kappa shape index (κ3) is 30.7. The van der Waals surface area contributed by atoms with Crippen LogP contribution < -0.4 is 0 Å². The van der Waals surface area contributed by atoms with Gasteiger partial charge in [-0.15, -0.1) is 0 Å². The van der Waals surface area contributed by atoms with Crippen LogP contribution in [0.25, 0.3) is 0 Å². The molecular formula is C12H13O5W3-3. The third-order valence-electron chi connectivity index (χ3n) is 1.09. The molecule has 0 aromatic rings. The molecule has 20 heavy (non-hydrogen) atoms. The zero-order valence-corrected chi connectivity index (χ0v) is 19.6. The van der Waals surface area contributed by atoms with E-state index in [2.05, 4.69) is 35.3 Å². The van der Waals surface area contributed by atoms with Crippen molar-refractivity contribution in [3.05, 3.63) is 38.0 Å². The first kappa shape index (κ1) is 32.0. The van der Waals surface area contributed by atoms with Crippen molar-refractivity contribution in [1.29, 1.82) is 0 Å². The number of carbonyl (C=O) groups excluding carboxylic acids is 3. The van der Waals surface area contributed by atoms with E-state index >= 15 is 0 Å². The van der Waals surface area contributed by atoms with E-state index in [0.717, 1.165) is 0 Å². The summed E-state index contributed by atoms with van der Waals surface area (Å²) in [5.74, 6) is -1.45. The van der Waals surface area contributed by atoms with E-state index in [1.165, 1.54) is 6.92 Å². The minimum absolute atomic E-state index is 0. The van der Waals surface area contributed by atoms with Gasteiger partial charge in [0.05, 0.1) is 0 Å². The number of ether oxygens (including phenoxy) is 2. The van der Waals surface area contributed by atoms with E-state index in [-0.39, 0.29) is 82.2 Å². The average molecular weight is 789 g/mol. The maximum absolute atomic E-state index is 10.4. The second-order valence-electron chi connectivity index (χ2n) is 2.36. The average Bonchev–Trinajstić information content (AvgIpc) is 2.34. The van der Waals surface area contributed by atoms with E-state index in [4.69, 9.17) is 0 Å². The summed E-state index contributed by atoms with van der Waals surface area (Å²) in [6.45, 7) is 10.6. The number of rotatable bonds is 6. The normalized spacial score (nSPS) is 6.65. The van der Waals surface area contributed by atoms with Crippen molar-refractivity contribution < 1.29 is 87.1 Å². The second-order valence-corrected chi connectivity index (χ2v) is 2.36. The number of Topliss-reactive ketones (excluding diaryl/α,β-unsaturated/α-hetero) is 1. The molecule has 0 radical (unpaired) electrons. The van der Waals surface area contributed by atoms with Crippen LogP contribution in [0.5, 0.6) is 0 Å². The van der Waals surface area contributed by atoms with Gasteiger partial charge in [0, 0.05) is 63.2 Å². The van der Waals surface area contributed by atoms with Crippen LogP contribution in [0.4, 0.5) is 0 Å². The van der Waals surface area contributed by atoms with Gasteiger partial charge >= 0.3 is 0 Å². The molecule has 0 heterocycles. The second kappa shape index (κ2) is 23.9. The van der Waals surface area contributed by atoms with Crippen LogP contribution in [0.1, 0.15) is 6.92 Å². The fraction of sp³-hybridized carbons (Fsp3) is 0.250. The fourth-order valence-corrected chi connectivity index (χ4v) is 0.371. The van der Waals surface area contributed by atoms with Gasteiger partial charge in [-0.1, -0.05) is 0 Å². The van der Waals surface area contributed by atoms with Gasteiger partial charge in [-0.2, -0.15) is 0 Å². The molecule has 0 aliphatic carbocycles. The Morgan fingerprint density at radius 1 is 0.800 bits per heavy atom. The molecule has 0 aliphatic heterocycles. The van der Waals surface area contributed by atoms with E-state index < -0.39 is 11.9 Å². The van der Waals surface area contributed by atoms with Crippen LogP contribution in [0.2, 0.25) is 0 Å². The van der Waals surface area contributed by atoms with Crippen LogP contribution in [0.15, 0.2) is 19.7 Å². The summed E-state index contributed by atoms with van der Waals surface area (Å²) in [7, 11) is 0. The Bertz CT molecular complexity index is 294. The molecule has 0 aromatic heterocycles. The molecule has 5 nitrogen and oxygen atoms in total. The predicted molar refractivity (Wildman–Crippen MR) is 59.2 cm³/mol. The maximum Gasteiger partial charge on any atom is 0.147 e. The van der Waals surface area contributed by atoms with Crippen LogP contribution in [-0.4, -0.2) is 30.9 Å². The number of ketones is 1. The first-order valence-corrected chi connectivity index (χ1v) is 4.41. The summed E-state index contributed by atoms with van der Waals surface area (Å²) in [4.78, 5) is 30.4. The Kier molecular flexibility index (Phi) is 38.3. The number of esters is 2. The molecule has 0 bridgehead atoms. The van der Waals surface area contributed by atoms with Gasteiger partial charge in [0.15, 0.2) is 0 Å². The van der Waals surface area contributed by atoms with Crippen molar-refractivity contribution in [3.63, 3.8) is 0 Å². The molecule has 0 atom stereocenters. The quantitative estimate of drug-likeness (QED) is 0.171. The third-order valence-corrected chi connectivity index (χ3v) is 1.09. The zero-order valence-electron chi connectivity index (χ0n) is 10.8. The Hall–Kier alpha value is -0.105. The zero-order chi connectivity index (χ0) is 13.7.